The van der Waals surface area contributed by atoms with Crippen molar-refractivity contribution in [1.82, 2.24) is 14.7 Å². The number of aryl methyl sites for hydroxylation is 1. The molecular formula is C18H23N3O3. The van der Waals surface area contributed by atoms with Crippen molar-refractivity contribution in [3.8, 4) is 0 Å². The Bertz CT molecular complexity index is 772. The van der Waals surface area contributed by atoms with E-state index in [-0.39, 0.29) is 17.6 Å². The SMILES string of the molecule is CO[C@H]1CO[C@]2(CCCN(C(=O)c3nn(C)c4ccccc34)C2)C1. The summed E-state index contributed by atoms with van der Waals surface area (Å²) in [6, 6.07) is 7.86. The first kappa shape index (κ1) is 15.6. The number of ether oxygens (including phenoxy) is 2. The summed E-state index contributed by atoms with van der Waals surface area (Å²) in [6.07, 6.45) is 2.93. The van der Waals surface area contributed by atoms with Gasteiger partial charge in [0.25, 0.3) is 5.91 Å². The van der Waals surface area contributed by atoms with Crippen LogP contribution in [0.2, 0.25) is 0 Å². The van der Waals surface area contributed by atoms with Crippen LogP contribution in [0.1, 0.15) is 29.8 Å². The van der Waals surface area contributed by atoms with E-state index in [1.165, 1.54) is 0 Å². The van der Waals surface area contributed by atoms with Crippen molar-refractivity contribution in [2.45, 2.75) is 31.0 Å². The topological polar surface area (TPSA) is 56.6 Å². The number of carbonyl (C=O) groups excluding carboxylic acids is 1. The highest BCUT2D eigenvalue weighted by Crippen LogP contribution is 2.36. The molecule has 2 aliphatic rings. The number of hydrogen-bond donors (Lipinski definition) is 0. The molecule has 4 rings (SSSR count). The number of para-hydroxylation sites is 1. The lowest BCUT2D eigenvalue weighted by Crippen LogP contribution is -2.50. The van der Waals surface area contributed by atoms with E-state index in [1.54, 1.807) is 11.8 Å². The summed E-state index contributed by atoms with van der Waals surface area (Å²) in [5, 5.41) is 5.38. The normalized spacial score (nSPS) is 27.2. The first-order chi connectivity index (χ1) is 11.6. The second-order valence-corrected chi connectivity index (χ2v) is 6.88. The Balaban J connectivity index is 1.60. The van der Waals surface area contributed by atoms with Gasteiger partial charge in [-0.15, -0.1) is 0 Å². The number of amides is 1. The molecule has 0 unspecified atom stereocenters. The summed E-state index contributed by atoms with van der Waals surface area (Å²) in [7, 11) is 3.60. The largest absolute Gasteiger partial charge is 0.379 e. The predicted octanol–water partition coefficient (Wildman–Crippen LogP) is 1.98. The molecule has 0 N–H and O–H groups in total. The van der Waals surface area contributed by atoms with Crippen molar-refractivity contribution in [2.75, 3.05) is 26.8 Å². The maximum Gasteiger partial charge on any atom is 0.275 e. The number of nitrogens with zero attached hydrogens (tertiary/aromatic N) is 3. The van der Waals surface area contributed by atoms with Crippen LogP contribution in [-0.2, 0) is 16.5 Å². The van der Waals surface area contributed by atoms with Crippen LogP contribution in [0.4, 0.5) is 0 Å². The van der Waals surface area contributed by atoms with Crippen molar-refractivity contribution in [1.29, 1.82) is 0 Å². The predicted molar refractivity (Wildman–Crippen MR) is 89.9 cm³/mol. The molecule has 24 heavy (non-hydrogen) atoms. The van der Waals surface area contributed by atoms with Gasteiger partial charge in [-0.05, 0) is 18.9 Å². The molecule has 6 heteroatoms. The number of carbonyl (C=O) groups is 1. The van der Waals surface area contributed by atoms with Crippen LogP contribution in [0.15, 0.2) is 24.3 Å². The minimum atomic E-state index is -0.251. The van der Waals surface area contributed by atoms with Crippen LogP contribution >= 0.6 is 0 Å². The number of fused-ring (bicyclic) bond motifs is 1. The van der Waals surface area contributed by atoms with Crippen molar-refractivity contribution < 1.29 is 14.3 Å². The summed E-state index contributed by atoms with van der Waals surface area (Å²) in [4.78, 5) is 15.0. The number of likely N-dealkylation sites (tertiary alicyclic amines) is 1. The molecule has 1 aromatic heterocycles. The van der Waals surface area contributed by atoms with E-state index >= 15 is 0 Å². The molecule has 2 atom stereocenters. The van der Waals surface area contributed by atoms with E-state index in [0.717, 1.165) is 36.7 Å². The third kappa shape index (κ3) is 2.50. The van der Waals surface area contributed by atoms with Crippen LogP contribution in [0.3, 0.4) is 0 Å². The summed E-state index contributed by atoms with van der Waals surface area (Å²) in [6.45, 7) is 1.99. The van der Waals surface area contributed by atoms with E-state index in [2.05, 4.69) is 5.10 Å². The van der Waals surface area contributed by atoms with Gasteiger partial charge in [0.15, 0.2) is 5.69 Å². The van der Waals surface area contributed by atoms with Crippen LogP contribution in [0, 0.1) is 0 Å². The second kappa shape index (κ2) is 5.86. The van der Waals surface area contributed by atoms with Gasteiger partial charge in [0.1, 0.15) is 0 Å². The Morgan fingerprint density at radius 2 is 2.25 bits per heavy atom. The van der Waals surface area contributed by atoms with Crippen LogP contribution in [0.5, 0.6) is 0 Å². The van der Waals surface area contributed by atoms with E-state index in [1.807, 2.05) is 36.2 Å². The fourth-order valence-corrected chi connectivity index (χ4v) is 4.03. The third-order valence-corrected chi connectivity index (χ3v) is 5.30. The zero-order valence-electron chi connectivity index (χ0n) is 14.2. The number of rotatable bonds is 2. The fraction of sp³-hybridized carbons (Fsp3) is 0.556. The lowest BCUT2D eigenvalue weighted by Gasteiger charge is -2.39. The Labute approximate surface area is 141 Å². The van der Waals surface area contributed by atoms with Gasteiger partial charge in [-0.1, -0.05) is 18.2 Å². The summed E-state index contributed by atoms with van der Waals surface area (Å²) < 4.78 is 13.3. The number of piperidine rings is 1. The lowest BCUT2D eigenvalue weighted by atomic mass is 9.89. The maximum absolute atomic E-state index is 13.1. The standard InChI is InChI=1S/C18H23N3O3/c1-20-15-7-4-3-6-14(15)16(19-20)17(22)21-9-5-8-18(12-21)10-13(23-2)11-24-18/h3-4,6-7,13H,5,8-12H2,1-2H3/t13-,18-/m1/s1. The minimum absolute atomic E-state index is 0.00431. The fourth-order valence-electron chi connectivity index (χ4n) is 4.03. The van der Waals surface area contributed by atoms with Gasteiger partial charge in [0.05, 0.1) is 30.4 Å². The van der Waals surface area contributed by atoms with Gasteiger partial charge in [0.2, 0.25) is 0 Å². The molecule has 2 aliphatic heterocycles. The molecule has 1 aromatic carbocycles. The summed E-state index contributed by atoms with van der Waals surface area (Å²) in [5.41, 5.74) is 1.26. The molecule has 0 radical (unpaired) electrons. The Morgan fingerprint density at radius 1 is 1.42 bits per heavy atom. The first-order valence-corrected chi connectivity index (χ1v) is 8.50. The average Bonchev–Trinajstić information content (AvgIpc) is 3.16. The van der Waals surface area contributed by atoms with Crippen molar-refractivity contribution >= 4 is 16.8 Å². The molecule has 1 amide bonds. The van der Waals surface area contributed by atoms with Gasteiger partial charge in [-0.3, -0.25) is 9.48 Å². The van der Waals surface area contributed by atoms with E-state index in [0.29, 0.717) is 18.8 Å². The number of aromatic nitrogens is 2. The molecule has 6 nitrogen and oxygen atoms in total. The average molecular weight is 329 g/mol. The highest BCUT2D eigenvalue weighted by molar-refractivity contribution is 6.04. The maximum atomic E-state index is 13.1. The van der Waals surface area contributed by atoms with Gasteiger partial charge < -0.3 is 14.4 Å². The minimum Gasteiger partial charge on any atom is -0.379 e. The first-order valence-electron chi connectivity index (χ1n) is 8.50. The van der Waals surface area contributed by atoms with Gasteiger partial charge >= 0.3 is 0 Å². The molecular weight excluding hydrogens is 306 g/mol. The zero-order valence-corrected chi connectivity index (χ0v) is 14.2. The monoisotopic (exact) mass is 329 g/mol. The molecule has 0 aliphatic carbocycles. The number of hydrogen-bond acceptors (Lipinski definition) is 4. The smallest absolute Gasteiger partial charge is 0.275 e. The Hall–Kier alpha value is -1.92. The molecule has 2 aromatic rings. The van der Waals surface area contributed by atoms with Gasteiger partial charge in [-0.25, -0.2) is 0 Å². The van der Waals surface area contributed by atoms with Gasteiger partial charge in [-0.2, -0.15) is 5.10 Å². The second-order valence-electron chi connectivity index (χ2n) is 6.88. The van der Waals surface area contributed by atoms with Gasteiger partial charge in [0, 0.05) is 32.5 Å². The quantitative estimate of drug-likeness (QED) is 0.845. The Kier molecular flexibility index (Phi) is 3.81. The van der Waals surface area contributed by atoms with E-state index < -0.39 is 0 Å². The van der Waals surface area contributed by atoms with Crippen molar-refractivity contribution in [3.63, 3.8) is 0 Å². The highest BCUT2D eigenvalue weighted by Gasteiger charge is 2.45. The Morgan fingerprint density at radius 3 is 3.04 bits per heavy atom. The lowest BCUT2D eigenvalue weighted by molar-refractivity contribution is -0.0459. The van der Waals surface area contributed by atoms with Crippen molar-refractivity contribution in [3.05, 3.63) is 30.0 Å². The molecule has 0 saturated carbocycles. The van der Waals surface area contributed by atoms with Crippen LogP contribution < -0.4 is 0 Å². The molecule has 2 saturated heterocycles. The van der Waals surface area contributed by atoms with Crippen LogP contribution in [0.25, 0.3) is 10.9 Å². The molecule has 1 spiro atoms. The van der Waals surface area contributed by atoms with E-state index in [4.69, 9.17) is 9.47 Å². The number of benzene rings is 1. The summed E-state index contributed by atoms with van der Waals surface area (Å²) in [5.74, 6) is -0.00431. The van der Waals surface area contributed by atoms with Crippen LogP contribution in [-0.4, -0.2) is 59.1 Å². The highest BCUT2D eigenvalue weighted by atomic mass is 16.6. The zero-order chi connectivity index (χ0) is 16.7. The molecule has 0 bridgehead atoms. The third-order valence-electron chi connectivity index (χ3n) is 5.30. The molecule has 2 fully saturated rings. The van der Waals surface area contributed by atoms with Crippen molar-refractivity contribution in [2.24, 2.45) is 7.05 Å². The van der Waals surface area contributed by atoms with E-state index in [9.17, 15) is 4.79 Å². The summed E-state index contributed by atoms with van der Waals surface area (Å²) >= 11 is 0. The molecule has 3 heterocycles. The number of methoxy groups -OCH3 is 1. The molecule has 128 valence electrons.